The summed E-state index contributed by atoms with van der Waals surface area (Å²) in [6, 6.07) is 2.83. The first-order chi connectivity index (χ1) is 8.09. The minimum absolute atomic E-state index is 0.343. The highest BCUT2D eigenvalue weighted by molar-refractivity contribution is 5.65. The Kier molecular flexibility index (Phi) is 3.23. The standard InChI is InChI=1S/C11H13FN2O3/c1-8-6-9(12)11(14(15)16)10(7-8)13-2-4-17-5-3-13/h6-7H,2-5H2,1H3. The van der Waals surface area contributed by atoms with E-state index in [-0.39, 0.29) is 0 Å². The van der Waals surface area contributed by atoms with Crippen molar-refractivity contribution in [1.82, 2.24) is 0 Å². The first-order valence-corrected chi connectivity index (χ1v) is 5.37. The fourth-order valence-electron chi connectivity index (χ4n) is 1.94. The van der Waals surface area contributed by atoms with Crippen LogP contribution in [-0.4, -0.2) is 31.2 Å². The quantitative estimate of drug-likeness (QED) is 0.585. The first-order valence-electron chi connectivity index (χ1n) is 5.37. The molecular weight excluding hydrogens is 227 g/mol. The SMILES string of the molecule is Cc1cc(F)c([N+](=O)[O-])c(N2CCOCC2)c1. The summed E-state index contributed by atoms with van der Waals surface area (Å²) >= 11 is 0. The Bertz CT molecular complexity index is 445. The van der Waals surface area contributed by atoms with Crippen molar-refractivity contribution in [3.05, 3.63) is 33.6 Å². The largest absolute Gasteiger partial charge is 0.378 e. The number of anilines is 1. The molecule has 1 heterocycles. The predicted molar refractivity (Wildman–Crippen MR) is 60.8 cm³/mol. The highest BCUT2D eigenvalue weighted by atomic mass is 19.1. The molecule has 1 aliphatic rings. The van der Waals surface area contributed by atoms with E-state index in [0.29, 0.717) is 37.6 Å². The minimum Gasteiger partial charge on any atom is -0.378 e. The second-order valence-corrected chi connectivity index (χ2v) is 3.97. The Balaban J connectivity index is 2.46. The van der Waals surface area contributed by atoms with Gasteiger partial charge in [0, 0.05) is 13.1 Å². The molecule has 0 atom stereocenters. The van der Waals surface area contributed by atoms with Gasteiger partial charge in [-0.1, -0.05) is 0 Å². The molecule has 92 valence electrons. The molecule has 2 rings (SSSR count). The summed E-state index contributed by atoms with van der Waals surface area (Å²) in [7, 11) is 0. The lowest BCUT2D eigenvalue weighted by Gasteiger charge is -2.28. The number of ether oxygens (including phenoxy) is 1. The Morgan fingerprint density at radius 2 is 2.06 bits per heavy atom. The van der Waals surface area contributed by atoms with Crippen LogP contribution in [0.5, 0.6) is 0 Å². The molecule has 0 bridgehead atoms. The summed E-state index contributed by atoms with van der Waals surface area (Å²) in [4.78, 5) is 12.0. The third-order valence-electron chi connectivity index (χ3n) is 2.72. The van der Waals surface area contributed by atoms with Gasteiger partial charge in [0.05, 0.1) is 18.1 Å². The van der Waals surface area contributed by atoms with Gasteiger partial charge in [0.25, 0.3) is 0 Å². The van der Waals surface area contributed by atoms with Gasteiger partial charge in [-0.15, -0.1) is 0 Å². The normalized spacial score (nSPS) is 16.0. The van der Waals surface area contributed by atoms with E-state index in [1.807, 2.05) is 0 Å². The van der Waals surface area contributed by atoms with Gasteiger partial charge in [0.1, 0.15) is 5.69 Å². The van der Waals surface area contributed by atoms with E-state index in [1.165, 1.54) is 6.07 Å². The van der Waals surface area contributed by atoms with E-state index in [4.69, 9.17) is 4.74 Å². The molecule has 17 heavy (non-hydrogen) atoms. The second kappa shape index (κ2) is 4.67. The van der Waals surface area contributed by atoms with Crippen LogP contribution in [0.1, 0.15) is 5.56 Å². The molecule has 1 aromatic carbocycles. The number of morpholine rings is 1. The van der Waals surface area contributed by atoms with Crippen molar-refractivity contribution in [3.63, 3.8) is 0 Å². The van der Waals surface area contributed by atoms with Crippen LogP contribution in [0, 0.1) is 22.9 Å². The zero-order valence-electron chi connectivity index (χ0n) is 9.48. The van der Waals surface area contributed by atoms with Crippen LogP contribution in [0.15, 0.2) is 12.1 Å². The highest BCUT2D eigenvalue weighted by Gasteiger charge is 2.26. The summed E-state index contributed by atoms with van der Waals surface area (Å²) in [5, 5.41) is 10.9. The molecule has 0 saturated carbocycles. The Labute approximate surface area is 97.9 Å². The number of hydrogen-bond donors (Lipinski definition) is 0. The van der Waals surface area contributed by atoms with Crippen molar-refractivity contribution in [2.75, 3.05) is 31.2 Å². The zero-order valence-corrected chi connectivity index (χ0v) is 9.48. The van der Waals surface area contributed by atoms with Crippen molar-refractivity contribution >= 4 is 11.4 Å². The molecule has 1 aromatic rings. The predicted octanol–water partition coefficient (Wildman–Crippen LogP) is 1.88. The topological polar surface area (TPSA) is 55.6 Å². The molecular formula is C11H13FN2O3. The number of nitro benzene ring substituents is 1. The summed E-state index contributed by atoms with van der Waals surface area (Å²) in [6.07, 6.45) is 0. The van der Waals surface area contributed by atoms with Crippen LogP contribution >= 0.6 is 0 Å². The first kappa shape index (κ1) is 11.8. The molecule has 0 aromatic heterocycles. The van der Waals surface area contributed by atoms with Crippen LogP contribution in [0.4, 0.5) is 15.8 Å². The van der Waals surface area contributed by atoms with Crippen molar-refractivity contribution in [2.24, 2.45) is 0 Å². The molecule has 0 unspecified atom stereocenters. The van der Waals surface area contributed by atoms with E-state index in [0.717, 1.165) is 0 Å². The molecule has 1 aliphatic heterocycles. The lowest BCUT2D eigenvalue weighted by molar-refractivity contribution is -0.386. The molecule has 1 fully saturated rings. The van der Waals surface area contributed by atoms with Gasteiger partial charge in [-0.2, -0.15) is 4.39 Å². The molecule has 0 spiro atoms. The Hall–Kier alpha value is -1.69. The van der Waals surface area contributed by atoms with Crippen LogP contribution < -0.4 is 4.90 Å². The number of rotatable bonds is 2. The maximum absolute atomic E-state index is 13.6. The smallest absolute Gasteiger partial charge is 0.327 e. The van der Waals surface area contributed by atoms with Crippen molar-refractivity contribution in [3.8, 4) is 0 Å². The summed E-state index contributed by atoms with van der Waals surface area (Å²) in [6.45, 7) is 3.82. The van der Waals surface area contributed by atoms with E-state index in [2.05, 4.69) is 0 Å². The summed E-state index contributed by atoms with van der Waals surface area (Å²) in [5.41, 5.74) is 0.572. The number of hydrogen-bond acceptors (Lipinski definition) is 4. The zero-order chi connectivity index (χ0) is 12.4. The number of aryl methyl sites for hydroxylation is 1. The molecule has 1 saturated heterocycles. The minimum atomic E-state index is -0.781. The fraction of sp³-hybridized carbons (Fsp3) is 0.455. The maximum atomic E-state index is 13.6. The van der Waals surface area contributed by atoms with Crippen molar-refractivity contribution < 1.29 is 14.1 Å². The number of halogens is 1. The monoisotopic (exact) mass is 240 g/mol. The Morgan fingerprint density at radius 1 is 1.41 bits per heavy atom. The van der Waals surface area contributed by atoms with E-state index >= 15 is 0 Å². The molecule has 6 heteroatoms. The highest BCUT2D eigenvalue weighted by Crippen LogP contribution is 2.32. The lowest BCUT2D eigenvalue weighted by Crippen LogP contribution is -2.36. The van der Waals surface area contributed by atoms with Crippen molar-refractivity contribution in [1.29, 1.82) is 0 Å². The fourth-order valence-corrected chi connectivity index (χ4v) is 1.94. The van der Waals surface area contributed by atoms with Gasteiger partial charge in [-0.25, -0.2) is 0 Å². The summed E-state index contributed by atoms with van der Waals surface area (Å²) in [5.74, 6) is -0.781. The average Bonchev–Trinajstić information content (AvgIpc) is 2.28. The second-order valence-electron chi connectivity index (χ2n) is 3.97. The van der Waals surface area contributed by atoms with Gasteiger partial charge in [0.2, 0.25) is 5.82 Å². The Morgan fingerprint density at radius 3 is 2.65 bits per heavy atom. The molecule has 0 N–H and O–H groups in total. The average molecular weight is 240 g/mol. The molecule has 5 nitrogen and oxygen atoms in total. The van der Waals surface area contributed by atoms with Gasteiger partial charge < -0.3 is 9.64 Å². The van der Waals surface area contributed by atoms with Crippen LogP contribution in [0.25, 0.3) is 0 Å². The van der Waals surface area contributed by atoms with E-state index in [9.17, 15) is 14.5 Å². The lowest BCUT2D eigenvalue weighted by atomic mass is 10.1. The van der Waals surface area contributed by atoms with Gasteiger partial charge in [-0.3, -0.25) is 10.1 Å². The summed E-state index contributed by atoms with van der Waals surface area (Å²) < 4.78 is 18.8. The van der Waals surface area contributed by atoms with Crippen molar-refractivity contribution in [2.45, 2.75) is 6.92 Å². The van der Waals surface area contributed by atoms with Crippen LogP contribution in [-0.2, 0) is 4.74 Å². The molecule has 0 aliphatic carbocycles. The van der Waals surface area contributed by atoms with Gasteiger partial charge in [0.15, 0.2) is 0 Å². The van der Waals surface area contributed by atoms with Gasteiger partial charge >= 0.3 is 5.69 Å². The van der Waals surface area contributed by atoms with E-state index < -0.39 is 16.4 Å². The number of benzene rings is 1. The van der Waals surface area contributed by atoms with Crippen LogP contribution in [0.3, 0.4) is 0 Å². The third-order valence-corrected chi connectivity index (χ3v) is 2.72. The number of nitrogens with zero attached hydrogens (tertiary/aromatic N) is 2. The van der Waals surface area contributed by atoms with E-state index in [1.54, 1.807) is 17.9 Å². The molecule has 0 radical (unpaired) electrons. The number of nitro groups is 1. The maximum Gasteiger partial charge on any atom is 0.327 e. The third kappa shape index (κ3) is 2.36. The molecule has 0 amide bonds. The van der Waals surface area contributed by atoms with Crippen LogP contribution in [0.2, 0.25) is 0 Å². The van der Waals surface area contributed by atoms with Gasteiger partial charge in [-0.05, 0) is 24.6 Å².